The molecule has 0 saturated heterocycles. The zero-order chi connectivity index (χ0) is 15.8. The van der Waals surface area contributed by atoms with Crippen molar-refractivity contribution in [3.63, 3.8) is 0 Å². The molecule has 1 N–H and O–H groups in total. The van der Waals surface area contributed by atoms with Gasteiger partial charge < -0.3 is 5.32 Å². The minimum Gasteiger partial charge on any atom is -0.321 e. The number of benzene rings is 1. The van der Waals surface area contributed by atoms with Crippen LogP contribution in [0.1, 0.15) is 64.4 Å². The Balaban J connectivity index is 2.14. The molecule has 1 heterocycles. The van der Waals surface area contributed by atoms with Gasteiger partial charge in [0.25, 0.3) is 5.91 Å². The van der Waals surface area contributed by atoms with Crippen LogP contribution in [-0.2, 0) is 4.79 Å². The van der Waals surface area contributed by atoms with Gasteiger partial charge >= 0.3 is 0 Å². The van der Waals surface area contributed by atoms with Crippen LogP contribution in [0.5, 0.6) is 0 Å². The number of anilines is 1. The molecule has 1 amide bonds. The Morgan fingerprint density at radius 2 is 1.82 bits per heavy atom. The topological polar surface area (TPSA) is 29.1 Å². The molecule has 3 heteroatoms. The van der Waals surface area contributed by atoms with Gasteiger partial charge in [-0.2, -0.15) is 0 Å². The van der Waals surface area contributed by atoms with E-state index >= 15 is 0 Å². The minimum atomic E-state index is 0.0772. The summed E-state index contributed by atoms with van der Waals surface area (Å²) in [7, 11) is 0. The SMILES string of the molecule is CCCCCCS/C(CCCC)=C1/C(=O)Nc2ccccc21. The lowest BCUT2D eigenvalue weighted by atomic mass is 10.0. The lowest BCUT2D eigenvalue weighted by molar-refractivity contribution is -0.110. The predicted molar refractivity (Wildman–Crippen MR) is 98.1 cm³/mol. The van der Waals surface area contributed by atoms with E-state index in [1.54, 1.807) is 0 Å². The molecule has 0 aliphatic carbocycles. The van der Waals surface area contributed by atoms with E-state index < -0.39 is 0 Å². The number of unbranched alkanes of at least 4 members (excludes halogenated alkanes) is 4. The summed E-state index contributed by atoms with van der Waals surface area (Å²) in [6.07, 6.45) is 8.45. The molecule has 1 aromatic carbocycles. The average Bonchev–Trinajstić information content (AvgIpc) is 2.86. The second kappa shape index (κ2) is 9.04. The highest BCUT2D eigenvalue weighted by molar-refractivity contribution is 8.03. The number of fused-ring (bicyclic) bond motifs is 1. The number of rotatable bonds is 9. The second-order valence-corrected chi connectivity index (χ2v) is 7.00. The van der Waals surface area contributed by atoms with Crippen LogP contribution in [0.2, 0.25) is 0 Å². The van der Waals surface area contributed by atoms with Crippen molar-refractivity contribution >= 4 is 28.9 Å². The Labute approximate surface area is 138 Å². The van der Waals surface area contributed by atoms with Crippen LogP contribution in [0.15, 0.2) is 29.2 Å². The molecular formula is C19H27NOS. The molecule has 0 atom stereocenters. The Hall–Kier alpha value is -1.22. The lowest BCUT2D eigenvalue weighted by Crippen LogP contribution is -2.05. The van der Waals surface area contributed by atoms with E-state index in [4.69, 9.17) is 0 Å². The van der Waals surface area contributed by atoms with E-state index in [0.717, 1.165) is 41.8 Å². The van der Waals surface area contributed by atoms with Crippen LogP contribution in [0.25, 0.3) is 5.57 Å². The van der Waals surface area contributed by atoms with Crippen molar-refractivity contribution in [2.45, 2.75) is 58.8 Å². The summed E-state index contributed by atoms with van der Waals surface area (Å²) < 4.78 is 0. The molecule has 2 nitrogen and oxygen atoms in total. The summed E-state index contributed by atoms with van der Waals surface area (Å²) >= 11 is 1.90. The first-order valence-electron chi connectivity index (χ1n) is 8.54. The molecule has 2 rings (SSSR count). The van der Waals surface area contributed by atoms with Crippen LogP contribution in [-0.4, -0.2) is 11.7 Å². The van der Waals surface area contributed by atoms with Gasteiger partial charge in [-0.1, -0.05) is 57.7 Å². The number of hydrogen-bond acceptors (Lipinski definition) is 2. The summed E-state index contributed by atoms with van der Waals surface area (Å²) in [4.78, 5) is 13.7. The molecule has 0 saturated carbocycles. The monoisotopic (exact) mass is 317 g/mol. The summed E-state index contributed by atoms with van der Waals surface area (Å²) in [5, 5.41) is 3.00. The van der Waals surface area contributed by atoms with Crippen molar-refractivity contribution in [1.82, 2.24) is 0 Å². The van der Waals surface area contributed by atoms with Gasteiger partial charge in [-0.25, -0.2) is 0 Å². The second-order valence-electron chi connectivity index (χ2n) is 5.81. The largest absolute Gasteiger partial charge is 0.321 e. The first kappa shape index (κ1) is 17.1. The molecule has 0 fully saturated rings. The zero-order valence-electron chi connectivity index (χ0n) is 13.8. The van der Waals surface area contributed by atoms with E-state index in [2.05, 4.69) is 25.2 Å². The third-order valence-corrected chi connectivity index (χ3v) is 5.23. The van der Waals surface area contributed by atoms with E-state index in [9.17, 15) is 4.79 Å². The molecule has 1 aliphatic rings. The Morgan fingerprint density at radius 1 is 1.05 bits per heavy atom. The number of nitrogens with one attached hydrogen (secondary N) is 1. The smallest absolute Gasteiger partial charge is 0.257 e. The number of thioether (sulfide) groups is 1. The Morgan fingerprint density at radius 3 is 2.59 bits per heavy atom. The van der Waals surface area contributed by atoms with Crippen LogP contribution >= 0.6 is 11.8 Å². The number of amides is 1. The third kappa shape index (κ3) is 4.39. The molecule has 0 aromatic heterocycles. The highest BCUT2D eigenvalue weighted by Crippen LogP contribution is 2.39. The fourth-order valence-corrected chi connectivity index (χ4v) is 3.96. The number of allylic oxidation sites excluding steroid dienone is 1. The molecular weight excluding hydrogens is 290 g/mol. The Bertz CT molecular complexity index is 536. The zero-order valence-corrected chi connectivity index (χ0v) is 14.6. The molecule has 0 radical (unpaired) electrons. The maximum atomic E-state index is 12.4. The van der Waals surface area contributed by atoms with Gasteiger partial charge in [0.05, 0.1) is 5.57 Å². The molecule has 0 spiro atoms. The van der Waals surface area contributed by atoms with Crippen molar-refractivity contribution in [3.8, 4) is 0 Å². The highest BCUT2D eigenvalue weighted by Gasteiger charge is 2.26. The number of hydrogen-bond donors (Lipinski definition) is 1. The van der Waals surface area contributed by atoms with Gasteiger partial charge in [0.2, 0.25) is 0 Å². The van der Waals surface area contributed by atoms with Gasteiger partial charge in [0.15, 0.2) is 0 Å². The molecule has 0 unspecified atom stereocenters. The number of para-hydroxylation sites is 1. The third-order valence-electron chi connectivity index (χ3n) is 3.98. The summed E-state index contributed by atoms with van der Waals surface area (Å²) in [6, 6.07) is 8.05. The van der Waals surface area contributed by atoms with Crippen molar-refractivity contribution in [3.05, 3.63) is 34.7 Å². The van der Waals surface area contributed by atoms with Gasteiger partial charge in [-0.3, -0.25) is 4.79 Å². The maximum Gasteiger partial charge on any atom is 0.257 e. The fourth-order valence-electron chi connectivity index (χ4n) is 2.72. The van der Waals surface area contributed by atoms with Crippen LogP contribution in [0.4, 0.5) is 5.69 Å². The molecule has 120 valence electrons. The molecule has 0 bridgehead atoms. The van der Waals surface area contributed by atoms with Crippen molar-refractivity contribution in [1.29, 1.82) is 0 Å². The average molecular weight is 317 g/mol. The van der Waals surface area contributed by atoms with Gasteiger partial charge in [-0.05, 0) is 36.0 Å². The fraction of sp³-hybridized carbons (Fsp3) is 0.526. The summed E-state index contributed by atoms with van der Waals surface area (Å²) in [5.74, 6) is 1.20. The summed E-state index contributed by atoms with van der Waals surface area (Å²) in [5.41, 5.74) is 2.97. The standard InChI is InChI=1S/C19H27NOS/c1-3-5-7-10-14-22-17(13-6-4-2)18-15-11-8-9-12-16(15)20-19(18)21/h8-9,11-12H,3-7,10,13-14H2,1-2H3,(H,20,21)/b18-17+. The normalized spacial score (nSPS) is 15.6. The minimum absolute atomic E-state index is 0.0772. The highest BCUT2D eigenvalue weighted by atomic mass is 32.2. The van der Waals surface area contributed by atoms with Gasteiger partial charge in [0.1, 0.15) is 0 Å². The Kier molecular flexibility index (Phi) is 7.04. The lowest BCUT2D eigenvalue weighted by Gasteiger charge is -2.10. The van der Waals surface area contributed by atoms with E-state index in [0.29, 0.717) is 0 Å². The summed E-state index contributed by atoms with van der Waals surface area (Å²) in [6.45, 7) is 4.44. The van der Waals surface area contributed by atoms with Crippen molar-refractivity contribution in [2.24, 2.45) is 0 Å². The van der Waals surface area contributed by atoms with Crippen LogP contribution in [0, 0.1) is 0 Å². The van der Waals surface area contributed by atoms with E-state index in [1.165, 1.54) is 30.6 Å². The van der Waals surface area contributed by atoms with Crippen molar-refractivity contribution in [2.75, 3.05) is 11.1 Å². The molecule has 1 aromatic rings. The maximum absolute atomic E-state index is 12.4. The van der Waals surface area contributed by atoms with Crippen LogP contribution in [0.3, 0.4) is 0 Å². The first-order valence-corrected chi connectivity index (χ1v) is 9.53. The van der Waals surface area contributed by atoms with Gasteiger partial charge in [-0.15, -0.1) is 11.8 Å². The van der Waals surface area contributed by atoms with E-state index in [1.807, 2.05) is 30.0 Å². The predicted octanol–water partition coefficient (Wildman–Crippen LogP) is 5.85. The first-order chi connectivity index (χ1) is 10.8. The number of carbonyl (C=O) groups excluding carboxylic acids is 1. The van der Waals surface area contributed by atoms with Gasteiger partial charge in [0, 0.05) is 11.3 Å². The quantitative estimate of drug-likeness (QED) is 0.457. The van der Waals surface area contributed by atoms with Crippen molar-refractivity contribution < 1.29 is 4.79 Å². The number of carbonyl (C=O) groups is 1. The molecule has 1 aliphatic heterocycles. The van der Waals surface area contributed by atoms with E-state index in [-0.39, 0.29) is 5.91 Å². The molecule has 22 heavy (non-hydrogen) atoms. The van der Waals surface area contributed by atoms with Crippen LogP contribution < -0.4 is 5.32 Å².